The van der Waals surface area contributed by atoms with Crippen LogP contribution >= 0.6 is 11.3 Å². The van der Waals surface area contributed by atoms with Gasteiger partial charge in [-0.05, 0) is 62.6 Å². The molecule has 0 amide bonds. The molecule has 3 heterocycles. The second kappa shape index (κ2) is 15.2. The van der Waals surface area contributed by atoms with Gasteiger partial charge < -0.3 is 9.97 Å². The molecule has 1 aliphatic rings. The van der Waals surface area contributed by atoms with Crippen molar-refractivity contribution in [2.45, 2.75) is 57.7 Å². The van der Waals surface area contributed by atoms with E-state index in [1.165, 1.54) is 74.2 Å². The van der Waals surface area contributed by atoms with Crippen LogP contribution in [0.1, 0.15) is 43.6 Å². The Morgan fingerprint density at radius 1 is 0.688 bits per heavy atom. The molecule has 7 aromatic rings. The summed E-state index contributed by atoms with van der Waals surface area (Å²) in [4.78, 5) is 9.30. The molecule has 0 bridgehead atoms. The molecule has 0 spiro atoms. The summed E-state index contributed by atoms with van der Waals surface area (Å²) in [7, 11) is -1.23. The Balaban J connectivity index is 0.000000201. The Labute approximate surface area is 303 Å². The van der Waals surface area contributed by atoms with Gasteiger partial charge in [0, 0.05) is 37.2 Å². The topological polar surface area (TPSA) is 25.8 Å². The average Bonchev–Trinajstić information content (AvgIpc) is 3.52. The summed E-state index contributed by atoms with van der Waals surface area (Å²) in [6.45, 7) is 7.00. The van der Waals surface area contributed by atoms with Crippen molar-refractivity contribution in [3.8, 4) is 33.6 Å². The number of nitrogens with zero attached hydrogens (tertiary/aromatic N) is 2. The van der Waals surface area contributed by atoms with Crippen LogP contribution in [0.4, 0.5) is 0 Å². The van der Waals surface area contributed by atoms with Crippen molar-refractivity contribution in [2.75, 3.05) is 0 Å². The molecule has 0 N–H and O–H groups in total. The summed E-state index contributed by atoms with van der Waals surface area (Å²) < 4.78 is 2.63. The van der Waals surface area contributed by atoms with E-state index < -0.39 is 8.07 Å². The number of hydrogen-bond acceptors (Lipinski definition) is 3. The zero-order valence-electron chi connectivity index (χ0n) is 27.8. The van der Waals surface area contributed by atoms with Gasteiger partial charge in [-0.3, -0.25) is 0 Å². The third-order valence-electron chi connectivity index (χ3n) is 9.27. The second-order valence-electron chi connectivity index (χ2n) is 13.5. The molecule has 1 aliphatic carbocycles. The van der Waals surface area contributed by atoms with E-state index in [-0.39, 0.29) is 20.1 Å². The molecular weight excluding hydrogens is 797 g/mol. The summed E-state index contributed by atoms with van der Waals surface area (Å²) in [6.07, 6.45) is 10.7. The molecule has 0 aliphatic heterocycles. The van der Waals surface area contributed by atoms with Crippen LogP contribution in [0.3, 0.4) is 0 Å². The molecule has 0 saturated heterocycles. The number of hydrogen-bond donors (Lipinski definition) is 0. The van der Waals surface area contributed by atoms with Crippen molar-refractivity contribution in [2.24, 2.45) is 0 Å². The Morgan fingerprint density at radius 2 is 1.48 bits per heavy atom. The van der Waals surface area contributed by atoms with Crippen molar-refractivity contribution >= 4 is 44.8 Å². The van der Waals surface area contributed by atoms with Gasteiger partial charge in [0.15, 0.2) is 0 Å². The van der Waals surface area contributed by atoms with Gasteiger partial charge in [0.2, 0.25) is 0 Å². The second-order valence-corrected chi connectivity index (χ2v) is 19.6. The Morgan fingerprint density at radius 3 is 2.21 bits per heavy atom. The van der Waals surface area contributed by atoms with Crippen molar-refractivity contribution in [1.29, 1.82) is 0 Å². The van der Waals surface area contributed by atoms with E-state index in [1.807, 2.05) is 48.0 Å². The maximum atomic E-state index is 4.78. The largest absolute Gasteiger partial charge is 0.305 e. The summed E-state index contributed by atoms with van der Waals surface area (Å²) in [5.41, 5.74) is 8.27. The van der Waals surface area contributed by atoms with E-state index in [1.54, 1.807) is 0 Å². The van der Waals surface area contributed by atoms with Gasteiger partial charge in [0.1, 0.15) is 0 Å². The molecule has 2 nitrogen and oxygen atoms in total. The van der Waals surface area contributed by atoms with E-state index in [9.17, 15) is 0 Å². The van der Waals surface area contributed by atoms with Crippen LogP contribution in [0.5, 0.6) is 0 Å². The molecule has 243 valence electrons. The quantitative estimate of drug-likeness (QED) is 0.127. The molecule has 5 heteroatoms. The summed E-state index contributed by atoms with van der Waals surface area (Å²) in [6, 6.07) is 45.1. The van der Waals surface area contributed by atoms with Gasteiger partial charge >= 0.3 is 0 Å². The molecule has 8 rings (SSSR count). The maximum absolute atomic E-state index is 4.78. The van der Waals surface area contributed by atoms with E-state index in [2.05, 4.69) is 122 Å². The number of benzene rings is 4. The fourth-order valence-corrected chi connectivity index (χ4v) is 9.00. The average molecular weight is 837 g/mol. The molecular formula is C43H40IrN2SSi-2. The zero-order chi connectivity index (χ0) is 32.2. The van der Waals surface area contributed by atoms with E-state index in [0.29, 0.717) is 5.92 Å². The number of thiophene rings is 1. The minimum Gasteiger partial charge on any atom is -0.305 e. The third kappa shape index (κ3) is 7.45. The van der Waals surface area contributed by atoms with Crippen molar-refractivity contribution in [1.82, 2.24) is 9.97 Å². The van der Waals surface area contributed by atoms with Crippen LogP contribution in [0.2, 0.25) is 19.6 Å². The number of aromatic nitrogens is 2. The van der Waals surface area contributed by atoms with Gasteiger partial charge in [-0.1, -0.05) is 117 Å². The smallest absolute Gasteiger partial charge is 0.0795 e. The molecule has 3 aromatic heterocycles. The number of pyridine rings is 2. The molecule has 1 fully saturated rings. The van der Waals surface area contributed by atoms with Crippen LogP contribution in [0, 0.1) is 12.1 Å². The molecule has 4 aromatic carbocycles. The normalized spacial score (nSPS) is 13.5. The first-order chi connectivity index (χ1) is 23.0. The van der Waals surface area contributed by atoms with Gasteiger partial charge in [0.05, 0.1) is 8.07 Å². The SMILES string of the molecule is C[Si](C)(C)c1ccc(-c2[c-]cccc2)nc1.[Ir].[c-]1ccc2c(sc3c(-c4ccccc4)cccc32)c1-c1cc(C2CCCCC2)ccn1. The first kappa shape index (κ1) is 34.1. The van der Waals surface area contributed by atoms with Crippen LogP contribution in [-0.4, -0.2) is 18.0 Å². The van der Waals surface area contributed by atoms with Gasteiger partial charge in [-0.25, -0.2) is 0 Å². The van der Waals surface area contributed by atoms with Crippen LogP contribution in [-0.2, 0) is 20.1 Å². The predicted molar refractivity (Wildman–Crippen MR) is 204 cm³/mol. The predicted octanol–water partition coefficient (Wildman–Crippen LogP) is 11.7. The molecule has 0 unspecified atom stereocenters. The van der Waals surface area contributed by atoms with Crippen LogP contribution in [0.15, 0.2) is 122 Å². The first-order valence-corrected chi connectivity index (χ1v) is 21.1. The van der Waals surface area contributed by atoms with Gasteiger partial charge in [0.25, 0.3) is 0 Å². The van der Waals surface area contributed by atoms with Gasteiger partial charge in [-0.2, -0.15) is 11.3 Å². The molecule has 0 atom stereocenters. The minimum absolute atomic E-state index is 0. The fraction of sp³-hybridized carbons (Fsp3) is 0.209. The minimum atomic E-state index is -1.23. The standard InChI is InChI=1S/C29H24NS.C14H16NSi.Ir/c1-3-9-20(10-4-1)22-17-18-30-27(19-22)26-16-8-15-25-24-14-7-13-23(28(24)31-29(25)26)21-11-5-2-6-12-21;1-16(2,3)13-9-10-14(15-11-13)12-7-5-4-6-8-12;/h2,5-8,11-15,17-20H,1,3-4,9-10H2;4-7,9-11H,1-3H3;/q2*-1;. The molecule has 48 heavy (non-hydrogen) atoms. The zero-order valence-corrected chi connectivity index (χ0v) is 32.0. The Hall–Kier alpha value is -3.73. The third-order valence-corrected chi connectivity index (χ3v) is 12.6. The summed E-state index contributed by atoms with van der Waals surface area (Å²) in [5, 5.41) is 4.02. The maximum Gasteiger partial charge on any atom is 0.0795 e. The van der Waals surface area contributed by atoms with Crippen LogP contribution in [0.25, 0.3) is 53.8 Å². The summed E-state index contributed by atoms with van der Waals surface area (Å²) >= 11 is 1.87. The number of rotatable bonds is 5. The van der Waals surface area contributed by atoms with Crippen molar-refractivity contribution in [3.63, 3.8) is 0 Å². The van der Waals surface area contributed by atoms with Crippen molar-refractivity contribution in [3.05, 3.63) is 139 Å². The fourth-order valence-electron chi connectivity index (χ4n) is 6.62. The monoisotopic (exact) mass is 837 g/mol. The number of fused-ring (bicyclic) bond motifs is 3. The van der Waals surface area contributed by atoms with E-state index in [4.69, 9.17) is 4.98 Å². The Bertz CT molecular complexity index is 2100. The molecule has 1 saturated carbocycles. The van der Waals surface area contributed by atoms with E-state index >= 15 is 0 Å². The van der Waals surface area contributed by atoms with Gasteiger partial charge in [-0.15, -0.1) is 59.7 Å². The summed E-state index contributed by atoms with van der Waals surface area (Å²) in [5.74, 6) is 0.682. The van der Waals surface area contributed by atoms with E-state index in [0.717, 1.165) is 22.5 Å². The Kier molecular flexibility index (Phi) is 10.8. The van der Waals surface area contributed by atoms with Crippen molar-refractivity contribution < 1.29 is 20.1 Å². The molecule has 1 radical (unpaired) electrons. The first-order valence-electron chi connectivity index (χ1n) is 16.8. The van der Waals surface area contributed by atoms with Crippen LogP contribution < -0.4 is 5.19 Å².